The Labute approximate surface area is 219 Å². The molecule has 0 bridgehead atoms. The summed E-state index contributed by atoms with van der Waals surface area (Å²) < 4.78 is 8.18. The summed E-state index contributed by atoms with van der Waals surface area (Å²) in [7, 11) is 0. The number of benzene rings is 3. The first-order valence-corrected chi connectivity index (χ1v) is 13.3. The van der Waals surface area contributed by atoms with Crippen LogP contribution in [0, 0.1) is 6.92 Å². The number of piperidine rings is 1. The second-order valence-corrected chi connectivity index (χ2v) is 10.0. The summed E-state index contributed by atoms with van der Waals surface area (Å²) in [5.41, 5.74) is 4.71. The number of para-hydroxylation sites is 2. The van der Waals surface area contributed by atoms with Crippen LogP contribution in [0.15, 0.2) is 84.9 Å². The van der Waals surface area contributed by atoms with E-state index in [9.17, 15) is 4.79 Å². The van der Waals surface area contributed by atoms with E-state index in [-0.39, 0.29) is 12.1 Å². The monoisotopic (exact) mass is 496 g/mol. The van der Waals surface area contributed by atoms with Gasteiger partial charge in [-0.15, -0.1) is 0 Å². The highest BCUT2D eigenvalue weighted by atomic mass is 16.6. The number of amides is 1. The summed E-state index contributed by atoms with van der Waals surface area (Å²) in [6, 6.07) is 29.6. The molecule has 2 heterocycles. The van der Waals surface area contributed by atoms with Crippen LogP contribution in [-0.2, 0) is 17.8 Å². The number of hydrogen-bond acceptors (Lipinski definition) is 4. The van der Waals surface area contributed by atoms with Gasteiger partial charge in [0.05, 0.1) is 11.0 Å². The SMILES string of the molecule is Cc1nc2ccccc2n1C1CCN(C(=O)OCC(C)N(Cc2ccccc2)Cc2ccccc2)CC1. The fourth-order valence-corrected chi connectivity index (χ4v) is 5.32. The Morgan fingerprint density at radius 1 is 0.919 bits per heavy atom. The fourth-order valence-electron chi connectivity index (χ4n) is 5.32. The largest absolute Gasteiger partial charge is 0.448 e. The van der Waals surface area contributed by atoms with E-state index in [0.29, 0.717) is 25.7 Å². The van der Waals surface area contributed by atoms with Crippen LogP contribution in [0.5, 0.6) is 0 Å². The lowest BCUT2D eigenvalue weighted by atomic mass is 10.0. The van der Waals surface area contributed by atoms with Crippen LogP contribution in [-0.4, -0.2) is 51.2 Å². The molecule has 0 N–H and O–H groups in total. The van der Waals surface area contributed by atoms with Gasteiger partial charge in [-0.25, -0.2) is 9.78 Å². The van der Waals surface area contributed by atoms with Gasteiger partial charge >= 0.3 is 6.09 Å². The van der Waals surface area contributed by atoms with E-state index in [4.69, 9.17) is 9.72 Å². The minimum atomic E-state index is -0.211. The Morgan fingerprint density at radius 2 is 1.49 bits per heavy atom. The number of carbonyl (C=O) groups is 1. The van der Waals surface area contributed by atoms with Gasteiger partial charge in [0.25, 0.3) is 0 Å². The predicted octanol–water partition coefficient (Wildman–Crippen LogP) is 6.21. The highest BCUT2D eigenvalue weighted by Crippen LogP contribution is 2.29. The standard InChI is InChI=1S/C31H36N4O2/c1-24(34(21-26-11-5-3-6-12-26)22-27-13-7-4-8-14-27)23-37-31(36)33-19-17-28(18-20-33)35-25(2)32-29-15-9-10-16-30(29)35/h3-16,24,28H,17-23H2,1-2H3. The Balaban J connectivity index is 1.17. The molecule has 6 nitrogen and oxygen atoms in total. The van der Waals surface area contributed by atoms with E-state index in [2.05, 4.69) is 90.0 Å². The third kappa shape index (κ3) is 6.03. The Morgan fingerprint density at radius 3 is 2.11 bits per heavy atom. The third-order valence-corrected chi connectivity index (χ3v) is 7.39. The molecule has 6 heteroatoms. The first-order valence-electron chi connectivity index (χ1n) is 13.3. The molecule has 1 aliphatic rings. The van der Waals surface area contributed by atoms with Gasteiger partial charge in [0.2, 0.25) is 0 Å². The minimum absolute atomic E-state index is 0.0851. The molecule has 1 amide bonds. The summed E-state index contributed by atoms with van der Waals surface area (Å²) in [5.74, 6) is 1.04. The number of nitrogens with zero attached hydrogens (tertiary/aromatic N) is 4. The van der Waals surface area contributed by atoms with Gasteiger partial charge in [-0.2, -0.15) is 0 Å². The summed E-state index contributed by atoms with van der Waals surface area (Å²) in [6.45, 7) is 7.57. The lowest BCUT2D eigenvalue weighted by Gasteiger charge is -2.34. The fraction of sp³-hybridized carbons (Fsp3) is 0.355. The maximum Gasteiger partial charge on any atom is 0.409 e. The zero-order valence-corrected chi connectivity index (χ0v) is 21.8. The molecule has 0 radical (unpaired) electrons. The molecule has 1 aromatic heterocycles. The number of likely N-dealkylation sites (tertiary alicyclic amines) is 1. The highest BCUT2D eigenvalue weighted by Gasteiger charge is 2.27. The van der Waals surface area contributed by atoms with E-state index in [1.54, 1.807) is 0 Å². The van der Waals surface area contributed by atoms with Crippen LogP contribution in [0.25, 0.3) is 11.0 Å². The van der Waals surface area contributed by atoms with Crippen molar-refractivity contribution >= 4 is 17.1 Å². The van der Waals surface area contributed by atoms with Gasteiger partial charge in [-0.3, -0.25) is 4.90 Å². The lowest BCUT2D eigenvalue weighted by Crippen LogP contribution is -2.42. The molecule has 0 spiro atoms. The van der Waals surface area contributed by atoms with Crippen LogP contribution in [0.4, 0.5) is 4.79 Å². The van der Waals surface area contributed by atoms with E-state index in [0.717, 1.165) is 37.3 Å². The van der Waals surface area contributed by atoms with E-state index in [1.165, 1.54) is 16.6 Å². The molecule has 37 heavy (non-hydrogen) atoms. The average Bonchev–Trinajstić information content (AvgIpc) is 3.28. The molecule has 1 atom stereocenters. The molecule has 0 saturated carbocycles. The van der Waals surface area contributed by atoms with Crippen molar-refractivity contribution in [1.29, 1.82) is 0 Å². The van der Waals surface area contributed by atoms with Gasteiger partial charge < -0.3 is 14.2 Å². The molecule has 1 fully saturated rings. The highest BCUT2D eigenvalue weighted by molar-refractivity contribution is 5.76. The molecule has 4 aromatic rings. The topological polar surface area (TPSA) is 50.6 Å². The van der Waals surface area contributed by atoms with Crippen molar-refractivity contribution in [1.82, 2.24) is 19.4 Å². The molecular weight excluding hydrogens is 460 g/mol. The smallest absolute Gasteiger partial charge is 0.409 e. The molecule has 1 saturated heterocycles. The van der Waals surface area contributed by atoms with Gasteiger partial charge in [-0.05, 0) is 49.9 Å². The minimum Gasteiger partial charge on any atom is -0.448 e. The molecule has 0 aliphatic carbocycles. The van der Waals surface area contributed by atoms with Crippen molar-refractivity contribution in [2.24, 2.45) is 0 Å². The summed E-state index contributed by atoms with van der Waals surface area (Å²) in [4.78, 5) is 21.9. The van der Waals surface area contributed by atoms with Gasteiger partial charge in [0.1, 0.15) is 12.4 Å². The first kappa shape index (κ1) is 25.0. The second kappa shape index (κ2) is 11.6. The van der Waals surface area contributed by atoms with E-state index >= 15 is 0 Å². The second-order valence-electron chi connectivity index (χ2n) is 10.0. The van der Waals surface area contributed by atoms with Gasteiger partial charge in [-0.1, -0.05) is 72.8 Å². The molecule has 3 aromatic carbocycles. The number of imidazole rings is 1. The van der Waals surface area contributed by atoms with Crippen LogP contribution in [0.3, 0.4) is 0 Å². The molecule has 192 valence electrons. The van der Waals surface area contributed by atoms with Gasteiger partial charge in [0, 0.05) is 38.3 Å². The van der Waals surface area contributed by atoms with Crippen LogP contribution in [0.1, 0.15) is 42.8 Å². The maximum absolute atomic E-state index is 13.0. The van der Waals surface area contributed by atoms with E-state index in [1.807, 2.05) is 23.1 Å². The number of aromatic nitrogens is 2. The lowest BCUT2D eigenvalue weighted by molar-refractivity contribution is 0.0568. The van der Waals surface area contributed by atoms with Crippen LogP contribution < -0.4 is 0 Å². The summed E-state index contributed by atoms with van der Waals surface area (Å²) in [5, 5.41) is 0. The third-order valence-electron chi connectivity index (χ3n) is 7.39. The quantitative estimate of drug-likeness (QED) is 0.291. The number of hydrogen-bond donors (Lipinski definition) is 0. The summed E-state index contributed by atoms with van der Waals surface area (Å²) in [6.07, 6.45) is 1.59. The normalized spacial score (nSPS) is 15.3. The number of carbonyl (C=O) groups excluding carboxylic acids is 1. The Kier molecular flexibility index (Phi) is 7.85. The maximum atomic E-state index is 13.0. The van der Waals surface area contributed by atoms with Crippen molar-refractivity contribution in [2.45, 2.75) is 51.9 Å². The molecule has 1 aliphatic heterocycles. The van der Waals surface area contributed by atoms with Crippen molar-refractivity contribution < 1.29 is 9.53 Å². The first-order chi connectivity index (χ1) is 18.1. The van der Waals surface area contributed by atoms with Crippen molar-refractivity contribution in [3.8, 4) is 0 Å². The van der Waals surface area contributed by atoms with Crippen LogP contribution in [0.2, 0.25) is 0 Å². The Bertz CT molecular complexity index is 1260. The van der Waals surface area contributed by atoms with Crippen molar-refractivity contribution in [3.05, 3.63) is 102 Å². The Hall–Kier alpha value is -3.64. The number of fused-ring (bicyclic) bond motifs is 1. The predicted molar refractivity (Wildman–Crippen MR) is 147 cm³/mol. The van der Waals surface area contributed by atoms with Gasteiger partial charge in [0.15, 0.2) is 0 Å². The van der Waals surface area contributed by atoms with E-state index < -0.39 is 0 Å². The zero-order valence-electron chi connectivity index (χ0n) is 21.8. The van der Waals surface area contributed by atoms with Crippen molar-refractivity contribution in [2.75, 3.05) is 19.7 Å². The number of ether oxygens (including phenoxy) is 1. The zero-order chi connectivity index (χ0) is 25.6. The van der Waals surface area contributed by atoms with Crippen molar-refractivity contribution in [3.63, 3.8) is 0 Å². The molecule has 1 unspecified atom stereocenters. The summed E-state index contributed by atoms with van der Waals surface area (Å²) >= 11 is 0. The van der Waals surface area contributed by atoms with Crippen LogP contribution >= 0.6 is 0 Å². The number of aryl methyl sites for hydroxylation is 1. The molecular formula is C31H36N4O2. The molecule has 5 rings (SSSR count). The average molecular weight is 497 g/mol. The number of rotatable bonds is 8.